The second kappa shape index (κ2) is 7.34. The Labute approximate surface area is 169 Å². The van der Waals surface area contributed by atoms with E-state index in [9.17, 15) is 13.2 Å². The van der Waals surface area contributed by atoms with Crippen molar-refractivity contribution in [1.29, 1.82) is 0 Å². The number of para-hydroxylation sites is 1. The normalized spacial score (nSPS) is 11.5. The topological polar surface area (TPSA) is 85.4 Å². The molecule has 0 aliphatic rings. The molecule has 0 amide bonds. The molecule has 0 fully saturated rings. The fraction of sp³-hybridized carbons (Fsp3) is 0.0526. The van der Waals surface area contributed by atoms with Gasteiger partial charge in [-0.25, -0.2) is 18.2 Å². The van der Waals surface area contributed by atoms with Crippen molar-refractivity contribution in [2.45, 2.75) is 4.90 Å². The summed E-state index contributed by atoms with van der Waals surface area (Å²) in [6, 6.07) is 16.2. The summed E-state index contributed by atoms with van der Waals surface area (Å²) in [5, 5.41) is 2.34. The van der Waals surface area contributed by atoms with Crippen molar-refractivity contribution in [2.24, 2.45) is 0 Å². The number of methoxy groups -OCH3 is 1. The van der Waals surface area contributed by atoms with E-state index in [1.54, 1.807) is 23.6 Å². The number of carbonyl (C=O) groups excluding carboxylic acids is 1. The molecule has 9 heteroatoms. The van der Waals surface area contributed by atoms with E-state index in [-0.39, 0.29) is 9.77 Å². The number of fused-ring (bicyclic) bond motifs is 1. The molecular weight excluding hydrogens is 416 g/mol. The number of thiazole rings is 1. The number of carbonyl (C=O) groups is 1. The summed E-state index contributed by atoms with van der Waals surface area (Å²) in [6.45, 7) is 0. The Hall–Kier alpha value is -2.75. The zero-order valence-corrected chi connectivity index (χ0v) is 17.0. The quantitative estimate of drug-likeness (QED) is 0.467. The number of nitrogens with zero attached hydrogens (tertiary/aromatic N) is 1. The fourth-order valence-corrected chi connectivity index (χ4v) is 6.02. The van der Waals surface area contributed by atoms with E-state index < -0.39 is 16.0 Å². The van der Waals surface area contributed by atoms with Crippen LogP contribution in [0.25, 0.3) is 20.8 Å². The number of esters is 1. The largest absolute Gasteiger partial charge is 0.465 e. The van der Waals surface area contributed by atoms with Crippen molar-refractivity contribution < 1.29 is 17.9 Å². The van der Waals surface area contributed by atoms with Crippen LogP contribution in [0, 0.1) is 0 Å². The highest BCUT2D eigenvalue weighted by Crippen LogP contribution is 2.32. The molecule has 6 nitrogen and oxygen atoms in total. The number of aromatic nitrogens is 1. The number of ether oxygens (including phenoxy) is 1. The van der Waals surface area contributed by atoms with Crippen LogP contribution in [0.15, 0.2) is 64.9 Å². The Balaban J connectivity index is 1.67. The second-order valence-electron chi connectivity index (χ2n) is 5.78. The third-order valence-electron chi connectivity index (χ3n) is 3.95. The third kappa shape index (κ3) is 3.51. The van der Waals surface area contributed by atoms with E-state index in [4.69, 9.17) is 0 Å². The summed E-state index contributed by atoms with van der Waals surface area (Å²) < 4.78 is 33.8. The van der Waals surface area contributed by atoms with Crippen LogP contribution < -0.4 is 4.72 Å². The monoisotopic (exact) mass is 430 g/mol. The number of rotatable bonds is 5. The summed E-state index contributed by atoms with van der Waals surface area (Å²) in [5.74, 6) is -0.682. The molecule has 2 aromatic heterocycles. The zero-order valence-electron chi connectivity index (χ0n) is 14.6. The van der Waals surface area contributed by atoms with Crippen molar-refractivity contribution in [2.75, 3.05) is 11.8 Å². The Morgan fingerprint density at radius 1 is 1.11 bits per heavy atom. The van der Waals surface area contributed by atoms with Gasteiger partial charge in [0, 0.05) is 11.3 Å². The van der Waals surface area contributed by atoms with Crippen molar-refractivity contribution in [3.05, 3.63) is 64.9 Å². The number of nitrogens with one attached hydrogen (secondary N) is 1. The van der Waals surface area contributed by atoms with Crippen LogP contribution in [0.5, 0.6) is 0 Å². The van der Waals surface area contributed by atoms with Crippen molar-refractivity contribution in [1.82, 2.24) is 4.98 Å². The van der Waals surface area contributed by atoms with Crippen molar-refractivity contribution in [3.8, 4) is 10.6 Å². The highest BCUT2D eigenvalue weighted by Gasteiger charge is 2.25. The second-order valence-corrected chi connectivity index (χ2v) is 9.38. The van der Waals surface area contributed by atoms with Gasteiger partial charge in [-0.3, -0.25) is 4.72 Å². The molecule has 0 unspecified atom stereocenters. The number of thiophene rings is 1. The molecular formula is C19H14N2O4S3. The smallest absolute Gasteiger partial charge is 0.349 e. The van der Waals surface area contributed by atoms with Gasteiger partial charge < -0.3 is 4.74 Å². The van der Waals surface area contributed by atoms with Gasteiger partial charge in [-0.05, 0) is 35.7 Å². The van der Waals surface area contributed by atoms with Crippen molar-refractivity contribution in [3.63, 3.8) is 0 Å². The maximum atomic E-state index is 12.8. The highest BCUT2D eigenvalue weighted by molar-refractivity contribution is 7.93. The van der Waals surface area contributed by atoms with Gasteiger partial charge in [0.25, 0.3) is 10.0 Å². The van der Waals surface area contributed by atoms with Crippen LogP contribution in [-0.4, -0.2) is 26.5 Å². The lowest BCUT2D eigenvalue weighted by molar-refractivity contribution is 0.0602. The van der Waals surface area contributed by atoms with E-state index in [1.165, 1.54) is 24.5 Å². The van der Waals surface area contributed by atoms with Gasteiger partial charge in [-0.2, -0.15) is 0 Å². The van der Waals surface area contributed by atoms with Crippen LogP contribution in [0.2, 0.25) is 0 Å². The first-order valence-corrected chi connectivity index (χ1v) is 11.3. The molecule has 0 atom stereocenters. The summed E-state index contributed by atoms with van der Waals surface area (Å²) in [4.78, 5) is 16.3. The fourth-order valence-electron chi connectivity index (χ4n) is 2.67. The molecule has 0 spiro atoms. The molecule has 142 valence electrons. The summed E-state index contributed by atoms with van der Waals surface area (Å²) in [6.07, 6.45) is 0. The SMILES string of the molecule is COC(=O)c1sccc1S(=O)(=O)Nc1cccc(-c2nc3ccccc3s2)c1. The van der Waals surface area contributed by atoms with Crippen LogP contribution in [0.1, 0.15) is 9.67 Å². The lowest BCUT2D eigenvalue weighted by atomic mass is 10.2. The molecule has 2 heterocycles. The summed E-state index contributed by atoms with van der Waals surface area (Å²) >= 11 is 2.56. The molecule has 0 saturated carbocycles. The van der Waals surface area contributed by atoms with Gasteiger partial charge in [0.15, 0.2) is 0 Å². The van der Waals surface area contributed by atoms with Gasteiger partial charge in [0.05, 0.1) is 17.3 Å². The average Bonchev–Trinajstić information content (AvgIpc) is 3.34. The van der Waals surface area contributed by atoms with Crippen molar-refractivity contribution >= 4 is 54.6 Å². The molecule has 1 N–H and O–H groups in total. The van der Waals surface area contributed by atoms with E-state index >= 15 is 0 Å². The number of sulfonamides is 1. The van der Waals surface area contributed by atoms with E-state index in [1.807, 2.05) is 30.3 Å². The number of anilines is 1. The van der Waals surface area contributed by atoms with Crippen LogP contribution in [0.3, 0.4) is 0 Å². The molecule has 0 radical (unpaired) electrons. The van der Waals surface area contributed by atoms with E-state index in [2.05, 4.69) is 14.4 Å². The highest BCUT2D eigenvalue weighted by atomic mass is 32.2. The minimum atomic E-state index is -3.94. The summed E-state index contributed by atoms with van der Waals surface area (Å²) in [7, 11) is -2.72. The van der Waals surface area contributed by atoms with Gasteiger partial charge in [0.1, 0.15) is 14.8 Å². The van der Waals surface area contributed by atoms with Crippen LogP contribution >= 0.6 is 22.7 Å². The lowest BCUT2D eigenvalue weighted by Crippen LogP contribution is -2.15. The first kappa shape index (κ1) is 18.6. The van der Waals surface area contributed by atoms with Gasteiger partial charge in [-0.15, -0.1) is 22.7 Å². The predicted molar refractivity (Wildman–Crippen MR) is 112 cm³/mol. The molecule has 0 bridgehead atoms. The molecule has 0 aliphatic heterocycles. The molecule has 0 saturated heterocycles. The van der Waals surface area contributed by atoms with Gasteiger partial charge in [0.2, 0.25) is 0 Å². The standard InChI is InChI=1S/C19H14N2O4S3/c1-25-19(22)17-16(9-10-26-17)28(23,24)21-13-6-4-5-12(11-13)18-20-14-7-2-3-8-15(14)27-18/h2-11,21H,1H3. The maximum Gasteiger partial charge on any atom is 0.349 e. The lowest BCUT2D eigenvalue weighted by Gasteiger charge is -2.09. The minimum absolute atomic E-state index is 0.0392. The van der Waals surface area contributed by atoms with Gasteiger partial charge >= 0.3 is 5.97 Å². The zero-order chi connectivity index (χ0) is 19.7. The Kier molecular flexibility index (Phi) is 4.88. The minimum Gasteiger partial charge on any atom is -0.465 e. The van der Waals surface area contributed by atoms with E-state index in [0.717, 1.165) is 32.1 Å². The molecule has 4 rings (SSSR count). The molecule has 0 aliphatic carbocycles. The van der Waals surface area contributed by atoms with E-state index in [0.29, 0.717) is 5.69 Å². The Morgan fingerprint density at radius 2 is 1.93 bits per heavy atom. The molecule has 4 aromatic rings. The summed E-state index contributed by atoms with van der Waals surface area (Å²) in [5.41, 5.74) is 2.09. The number of hydrogen-bond donors (Lipinski definition) is 1. The van der Waals surface area contributed by atoms with Crippen LogP contribution in [0.4, 0.5) is 5.69 Å². The number of benzene rings is 2. The third-order valence-corrected chi connectivity index (χ3v) is 7.48. The molecule has 28 heavy (non-hydrogen) atoms. The predicted octanol–water partition coefficient (Wildman–Crippen LogP) is 4.61. The molecule has 2 aromatic carbocycles. The Morgan fingerprint density at radius 3 is 2.71 bits per heavy atom. The average molecular weight is 431 g/mol. The van der Waals surface area contributed by atoms with Gasteiger partial charge in [-0.1, -0.05) is 24.3 Å². The van der Waals surface area contributed by atoms with Crippen LogP contribution in [-0.2, 0) is 14.8 Å². The number of hydrogen-bond acceptors (Lipinski definition) is 7. The first-order chi connectivity index (χ1) is 13.5. The first-order valence-electron chi connectivity index (χ1n) is 8.12. The Bertz CT molecular complexity index is 1240. The maximum absolute atomic E-state index is 12.8.